The summed E-state index contributed by atoms with van der Waals surface area (Å²) in [6.07, 6.45) is 9.95. The molecule has 0 aromatic carbocycles. The van der Waals surface area contributed by atoms with Gasteiger partial charge in [0.05, 0.1) is 0 Å². The minimum Gasteiger partial charge on any atom is -0.313 e. The number of rotatable bonds is 4. The lowest BCUT2D eigenvalue weighted by molar-refractivity contribution is 0.103. The SMILES string of the molecule is CN1CCCCC1CCNC1C2(C)CCC(C2)C1(C)C. The highest BCUT2D eigenvalue weighted by Gasteiger charge is 2.58. The molecule has 2 heteroatoms. The van der Waals surface area contributed by atoms with Crippen LogP contribution in [0.3, 0.4) is 0 Å². The van der Waals surface area contributed by atoms with Crippen LogP contribution >= 0.6 is 0 Å². The van der Waals surface area contributed by atoms with Gasteiger partial charge >= 0.3 is 0 Å². The number of nitrogens with one attached hydrogen (secondary N) is 1. The van der Waals surface area contributed by atoms with Gasteiger partial charge in [-0.15, -0.1) is 0 Å². The minimum absolute atomic E-state index is 0.505. The molecule has 2 bridgehead atoms. The molecule has 1 aliphatic heterocycles. The highest BCUT2D eigenvalue weighted by atomic mass is 15.1. The van der Waals surface area contributed by atoms with Crippen molar-refractivity contribution in [3.8, 4) is 0 Å². The summed E-state index contributed by atoms with van der Waals surface area (Å²) in [5, 5.41) is 3.98. The topological polar surface area (TPSA) is 15.3 Å². The number of hydrogen-bond donors (Lipinski definition) is 1. The van der Waals surface area contributed by atoms with Crippen molar-refractivity contribution in [2.75, 3.05) is 20.1 Å². The third-order valence-corrected chi connectivity index (χ3v) is 7.02. The summed E-state index contributed by atoms with van der Waals surface area (Å²) in [6.45, 7) is 10.1. The summed E-state index contributed by atoms with van der Waals surface area (Å²) in [7, 11) is 2.31. The molecule has 2 saturated carbocycles. The molecule has 3 fully saturated rings. The molecular formula is C18H34N2. The van der Waals surface area contributed by atoms with Gasteiger partial charge in [-0.1, -0.05) is 27.2 Å². The fourth-order valence-corrected chi connectivity index (χ4v) is 5.71. The summed E-state index contributed by atoms with van der Waals surface area (Å²) >= 11 is 0. The predicted molar refractivity (Wildman–Crippen MR) is 85.9 cm³/mol. The zero-order valence-electron chi connectivity index (χ0n) is 14.0. The van der Waals surface area contributed by atoms with Crippen LogP contribution in [0.1, 0.15) is 65.7 Å². The maximum absolute atomic E-state index is 3.98. The normalized spacial score (nSPS) is 44.1. The van der Waals surface area contributed by atoms with E-state index in [9.17, 15) is 0 Å². The zero-order valence-corrected chi connectivity index (χ0v) is 14.0. The van der Waals surface area contributed by atoms with Gasteiger partial charge in [0.2, 0.25) is 0 Å². The van der Waals surface area contributed by atoms with Crippen molar-refractivity contribution in [2.45, 2.75) is 77.8 Å². The molecule has 0 spiro atoms. The van der Waals surface area contributed by atoms with Crippen LogP contribution in [-0.2, 0) is 0 Å². The van der Waals surface area contributed by atoms with Gasteiger partial charge in [-0.05, 0) is 75.4 Å². The van der Waals surface area contributed by atoms with E-state index in [4.69, 9.17) is 0 Å². The molecule has 20 heavy (non-hydrogen) atoms. The Hall–Kier alpha value is -0.0800. The quantitative estimate of drug-likeness (QED) is 0.844. The van der Waals surface area contributed by atoms with Crippen LogP contribution in [0, 0.1) is 16.7 Å². The van der Waals surface area contributed by atoms with E-state index in [2.05, 4.69) is 38.0 Å². The molecule has 1 N–H and O–H groups in total. The molecule has 0 amide bonds. The van der Waals surface area contributed by atoms with Crippen LogP contribution in [0.5, 0.6) is 0 Å². The Morgan fingerprint density at radius 1 is 1.15 bits per heavy atom. The average molecular weight is 278 g/mol. The second kappa shape index (κ2) is 5.28. The first kappa shape index (κ1) is 14.8. The highest BCUT2D eigenvalue weighted by molar-refractivity contribution is 5.12. The van der Waals surface area contributed by atoms with Crippen LogP contribution in [0.15, 0.2) is 0 Å². The second-order valence-corrected chi connectivity index (χ2v) is 8.72. The molecule has 0 aromatic heterocycles. The number of fused-ring (bicyclic) bond motifs is 2. The molecule has 0 aromatic rings. The molecule has 4 atom stereocenters. The Bertz CT molecular complexity index is 347. The summed E-state index contributed by atoms with van der Waals surface area (Å²) in [5.74, 6) is 0.961. The van der Waals surface area contributed by atoms with Crippen molar-refractivity contribution in [1.29, 1.82) is 0 Å². The summed E-state index contributed by atoms with van der Waals surface area (Å²) in [4.78, 5) is 2.58. The van der Waals surface area contributed by atoms with Crippen molar-refractivity contribution >= 4 is 0 Å². The molecule has 116 valence electrons. The summed E-state index contributed by atoms with van der Waals surface area (Å²) in [6, 6.07) is 1.56. The van der Waals surface area contributed by atoms with Gasteiger partial charge in [0.15, 0.2) is 0 Å². The van der Waals surface area contributed by atoms with Crippen molar-refractivity contribution in [3.05, 3.63) is 0 Å². The first-order valence-electron chi connectivity index (χ1n) is 8.87. The summed E-state index contributed by atoms with van der Waals surface area (Å²) in [5.41, 5.74) is 1.08. The van der Waals surface area contributed by atoms with E-state index in [1.807, 2.05) is 0 Å². The van der Waals surface area contributed by atoms with Crippen LogP contribution in [0.25, 0.3) is 0 Å². The first-order valence-corrected chi connectivity index (χ1v) is 8.87. The number of piperidine rings is 1. The Kier molecular flexibility index (Phi) is 3.92. The van der Waals surface area contributed by atoms with Crippen LogP contribution in [0.2, 0.25) is 0 Å². The van der Waals surface area contributed by atoms with Crippen molar-refractivity contribution < 1.29 is 0 Å². The minimum atomic E-state index is 0.505. The fourth-order valence-electron chi connectivity index (χ4n) is 5.71. The molecule has 0 radical (unpaired) electrons. The van der Waals surface area contributed by atoms with Crippen molar-refractivity contribution in [2.24, 2.45) is 16.7 Å². The van der Waals surface area contributed by atoms with E-state index < -0.39 is 0 Å². The fraction of sp³-hybridized carbons (Fsp3) is 1.00. The van der Waals surface area contributed by atoms with E-state index >= 15 is 0 Å². The van der Waals surface area contributed by atoms with Gasteiger partial charge < -0.3 is 10.2 Å². The van der Waals surface area contributed by atoms with E-state index in [-0.39, 0.29) is 0 Å². The standard InChI is InChI=1S/C18H34N2/c1-17(2)14-8-10-18(3,13-14)16(17)19-11-9-15-7-5-6-12-20(15)4/h14-16,19H,5-13H2,1-4H3. The van der Waals surface area contributed by atoms with Gasteiger partial charge in [0.1, 0.15) is 0 Å². The third kappa shape index (κ3) is 2.43. The van der Waals surface area contributed by atoms with Gasteiger partial charge in [0, 0.05) is 12.1 Å². The van der Waals surface area contributed by atoms with Gasteiger partial charge in [-0.2, -0.15) is 0 Å². The van der Waals surface area contributed by atoms with Gasteiger partial charge in [-0.25, -0.2) is 0 Å². The van der Waals surface area contributed by atoms with Crippen LogP contribution < -0.4 is 5.32 Å². The Morgan fingerprint density at radius 2 is 1.95 bits per heavy atom. The van der Waals surface area contributed by atoms with E-state index in [1.54, 1.807) is 0 Å². The highest BCUT2D eigenvalue weighted by Crippen LogP contribution is 2.62. The lowest BCUT2D eigenvalue weighted by atomic mass is 9.68. The van der Waals surface area contributed by atoms with Crippen LogP contribution in [0.4, 0.5) is 0 Å². The second-order valence-electron chi connectivity index (χ2n) is 8.72. The Morgan fingerprint density at radius 3 is 2.60 bits per heavy atom. The van der Waals surface area contributed by atoms with Crippen LogP contribution in [-0.4, -0.2) is 37.1 Å². The van der Waals surface area contributed by atoms with E-state index in [0.717, 1.165) is 18.0 Å². The van der Waals surface area contributed by atoms with Crippen molar-refractivity contribution in [3.63, 3.8) is 0 Å². The Balaban J connectivity index is 1.53. The zero-order chi connectivity index (χ0) is 14.4. The monoisotopic (exact) mass is 278 g/mol. The van der Waals surface area contributed by atoms with E-state index in [1.165, 1.54) is 58.0 Å². The lowest BCUT2D eigenvalue weighted by Crippen LogP contribution is -2.51. The maximum atomic E-state index is 3.98. The largest absolute Gasteiger partial charge is 0.313 e. The summed E-state index contributed by atoms with van der Waals surface area (Å²) < 4.78 is 0. The Labute approximate surface area is 125 Å². The van der Waals surface area contributed by atoms with Gasteiger partial charge in [-0.3, -0.25) is 0 Å². The first-order chi connectivity index (χ1) is 9.43. The van der Waals surface area contributed by atoms with Crippen molar-refractivity contribution in [1.82, 2.24) is 10.2 Å². The van der Waals surface area contributed by atoms with Gasteiger partial charge in [0.25, 0.3) is 0 Å². The predicted octanol–water partition coefficient (Wildman–Crippen LogP) is 3.67. The number of hydrogen-bond acceptors (Lipinski definition) is 2. The number of likely N-dealkylation sites (tertiary alicyclic amines) is 1. The molecular weight excluding hydrogens is 244 g/mol. The molecule has 3 aliphatic rings. The molecule has 1 heterocycles. The molecule has 4 unspecified atom stereocenters. The number of nitrogens with zero attached hydrogens (tertiary/aromatic N) is 1. The molecule has 1 saturated heterocycles. The third-order valence-electron chi connectivity index (χ3n) is 7.02. The molecule has 2 nitrogen and oxygen atoms in total. The lowest BCUT2D eigenvalue weighted by Gasteiger charge is -2.44. The molecule has 2 aliphatic carbocycles. The smallest absolute Gasteiger partial charge is 0.0175 e. The molecule has 3 rings (SSSR count). The maximum Gasteiger partial charge on any atom is 0.0175 e. The average Bonchev–Trinajstić information content (AvgIpc) is 2.87. The van der Waals surface area contributed by atoms with E-state index in [0.29, 0.717) is 10.8 Å².